The van der Waals surface area contributed by atoms with Gasteiger partial charge < -0.3 is 37.2 Å². The second-order valence-electron chi connectivity index (χ2n) is 0.354. The first-order valence-corrected chi connectivity index (χ1v) is 2.54. The van der Waals surface area contributed by atoms with Gasteiger partial charge in [-0.15, -0.1) is 0 Å². The first kappa shape index (κ1) is 26.2. The normalized spacial score (nSPS) is 3.17. The van der Waals surface area contributed by atoms with E-state index in [9.17, 15) is 0 Å². The minimum atomic E-state index is 0. The fourth-order valence-corrected chi connectivity index (χ4v) is 0. The Bertz CT molecular complexity index is 8.75. The van der Waals surface area contributed by atoms with Gasteiger partial charge in [-0.1, -0.05) is 0 Å². The second kappa shape index (κ2) is 32.3. The molecule has 38 valence electrons. The van der Waals surface area contributed by atoms with Gasteiger partial charge in [0.15, 0.2) is 0 Å². The Morgan fingerprint density at radius 1 is 1.17 bits per heavy atom. The molecule has 0 atom stereocenters. The molecule has 0 spiro atoms. The fourth-order valence-electron chi connectivity index (χ4n) is 0. The van der Waals surface area contributed by atoms with E-state index in [0.717, 1.165) is 0 Å². The summed E-state index contributed by atoms with van der Waals surface area (Å²) >= 11 is 2.12. The van der Waals surface area contributed by atoms with E-state index in [4.69, 9.17) is 0 Å². The van der Waals surface area contributed by atoms with Crippen LogP contribution in [0.25, 0.3) is 0 Å². The molecule has 4 heteroatoms. The molecule has 6 heavy (non-hydrogen) atoms. The summed E-state index contributed by atoms with van der Waals surface area (Å²) in [4.78, 5) is 0. The molecule has 0 aliphatic rings. The van der Waals surface area contributed by atoms with E-state index in [1.165, 1.54) is 5.25 Å². The van der Waals surface area contributed by atoms with Crippen molar-refractivity contribution in [2.45, 2.75) is 12.2 Å². The van der Waals surface area contributed by atoms with E-state index < -0.39 is 0 Å². The summed E-state index contributed by atoms with van der Waals surface area (Å²) in [7, 11) is 0. The van der Waals surface area contributed by atoms with Gasteiger partial charge in [0.2, 0.25) is 0 Å². The van der Waals surface area contributed by atoms with Crippen molar-refractivity contribution < 1.29 is 37.2 Å². The van der Waals surface area contributed by atoms with Crippen LogP contribution in [0, 0.1) is 0 Å². The Kier molecular flexibility index (Phi) is 141. The van der Waals surface area contributed by atoms with E-state index in [0.29, 0.717) is 0 Å². The maximum Gasteiger partial charge on any atom is -1.00 e. The standard InChI is InChI=1S/C2H5Ge.3ClH/c1-2-3;;;/h2H2,1H3;3*1H/q+3;;;/p-3. The predicted octanol–water partition coefficient (Wildman–Crippen LogP) is -8.39. The van der Waals surface area contributed by atoms with Gasteiger partial charge in [0, 0.05) is 0 Å². The zero-order valence-electron chi connectivity index (χ0n) is 3.34. The number of rotatable bonds is 0. The molecule has 0 nitrogen and oxygen atoms in total. The van der Waals surface area contributed by atoms with Crippen LogP contribution in [0.1, 0.15) is 6.92 Å². The SMILES string of the molecule is C[CH2][Ge+3].[Cl-].[Cl-].[Cl-]. The summed E-state index contributed by atoms with van der Waals surface area (Å²) in [5.74, 6) is 0. The average Bonchev–Trinajstić information content (AvgIpc) is 0.918. The maximum atomic E-state index is 2.12. The summed E-state index contributed by atoms with van der Waals surface area (Å²) in [6.45, 7) is 2.12. The van der Waals surface area contributed by atoms with E-state index in [2.05, 4.69) is 23.4 Å². The molecule has 0 aromatic heterocycles. The van der Waals surface area contributed by atoms with Crippen LogP contribution < -0.4 is 37.2 Å². The minimum Gasteiger partial charge on any atom is -1.00 e. The minimum absolute atomic E-state index is 0. The number of hydrogen-bond donors (Lipinski definition) is 0. The molecule has 0 aliphatic heterocycles. The van der Waals surface area contributed by atoms with Crippen molar-refractivity contribution in [2.75, 3.05) is 0 Å². The molecule has 0 amide bonds. The summed E-state index contributed by atoms with van der Waals surface area (Å²) < 4.78 is 0. The summed E-state index contributed by atoms with van der Waals surface area (Å²) in [6.07, 6.45) is 0. The Morgan fingerprint density at radius 3 is 1.17 bits per heavy atom. The van der Waals surface area contributed by atoms with Crippen LogP contribution in [0.3, 0.4) is 0 Å². The molecule has 0 radical (unpaired) electrons. The van der Waals surface area contributed by atoms with Crippen molar-refractivity contribution in [1.29, 1.82) is 0 Å². The predicted molar refractivity (Wildman–Crippen MR) is 16.2 cm³/mol. The summed E-state index contributed by atoms with van der Waals surface area (Å²) in [6, 6.07) is 0. The zero-order chi connectivity index (χ0) is 2.71. The van der Waals surface area contributed by atoms with Crippen molar-refractivity contribution >= 4 is 16.5 Å². The van der Waals surface area contributed by atoms with Gasteiger partial charge in [0.1, 0.15) is 0 Å². The molecule has 0 fully saturated rings. The number of hydrogen-bond acceptors (Lipinski definition) is 0. The largest absolute Gasteiger partial charge is 1.00 e. The molecular formula is C2H5Cl3Ge. The summed E-state index contributed by atoms with van der Waals surface area (Å²) in [5.41, 5.74) is 0. The van der Waals surface area contributed by atoms with Gasteiger partial charge >= 0.3 is 28.7 Å². The van der Waals surface area contributed by atoms with Crippen LogP contribution in [0.2, 0.25) is 5.25 Å². The molecule has 0 aromatic rings. The smallest absolute Gasteiger partial charge is 1.00 e. The van der Waals surface area contributed by atoms with Crippen LogP contribution in [-0.4, -0.2) is 16.5 Å². The van der Waals surface area contributed by atoms with Crippen molar-refractivity contribution in [3.8, 4) is 0 Å². The van der Waals surface area contributed by atoms with Crippen LogP contribution in [0.5, 0.6) is 0 Å². The Morgan fingerprint density at radius 2 is 1.17 bits per heavy atom. The van der Waals surface area contributed by atoms with Crippen LogP contribution in [0.15, 0.2) is 0 Å². The van der Waals surface area contributed by atoms with Crippen molar-refractivity contribution in [3.63, 3.8) is 0 Å². The Balaban J connectivity index is -0.00000000667. The maximum absolute atomic E-state index is 2.12. The first-order valence-electron chi connectivity index (χ1n) is 1.06. The second-order valence-corrected chi connectivity index (χ2v) is 1.84. The Hall–Kier alpha value is 1.41. The van der Waals surface area contributed by atoms with Gasteiger partial charge in [-0.05, 0) is 0 Å². The molecule has 0 saturated heterocycles. The first-order chi connectivity index (χ1) is 1.41. The van der Waals surface area contributed by atoms with E-state index >= 15 is 0 Å². The van der Waals surface area contributed by atoms with Crippen molar-refractivity contribution in [1.82, 2.24) is 0 Å². The van der Waals surface area contributed by atoms with E-state index in [-0.39, 0.29) is 37.2 Å². The molecular weight excluding hydrogens is 203 g/mol. The molecule has 0 N–H and O–H groups in total. The topological polar surface area (TPSA) is 0 Å². The van der Waals surface area contributed by atoms with Crippen LogP contribution in [0.4, 0.5) is 0 Å². The Labute approximate surface area is 65.9 Å². The average molecular weight is 208 g/mol. The van der Waals surface area contributed by atoms with E-state index in [1.54, 1.807) is 0 Å². The molecule has 0 aliphatic carbocycles. The van der Waals surface area contributed by atoms with Gasteiger partial charge in [-0.25, -0.2) is 0 Å². The fraction of sp³-hybridized carbons (Fsp3) is 1.00. The van der Waals surface area contributed by atoms with Crippen molar-refractivity contribution in [3.05, 3.63) is 0 Å². The third-order valence-corrected chi connectivity index (χ3v) is 0. The molecule has 0 saturated carbocycles. The van der Waals surface area contributed by atoms with Crippen LogP contribution >= 0.6 is 0 Å². The molecule has 0 bridgehead atoms. The molecule has 0 aromatic carbocycles. The molecule has 0 rings (SSSR count). The summed E-state index contributed by atoms with van der Waals surface area (Å²) in [5, 5.41) is 1.25. The van der Waals surface area contributed by atoms with E-state index in [1.807, 2.05) is 0 Å². The molecule has 0 heterocycles. The zero-order valence-corrected chi connectivity index (χ0v) is 7.71. The molecule has 0 unspecified atom stereocenters. The van der Waals surface area contributed by atoms with Crippen molar-refractivity contribution in [2.24, 2.45) is 0 Å². The third kappa shape index (κ3) is 52.8. The van der Waals surface area contributed by atoms with Gasteiger partial charge in [-0.3, -0.25) is 0 Å². The van der Waals surface area contributed by atoms with Crippen LogP contribution in [-0.2, 0) is 0 Å². The van der Waals surface area contributed by atoms with Gasteiger partial charge in [0.25, 0.3) is 0 Å². The quantitative estimate of drug-likeness (QED) is 0.347. The number of halogens is 3. The third-order valence-electron chi connectivity index (χ3n) is 0. The van der Waals surface area contributed by atoms with Gasteiger partial charge in [0.05, 0.1) is 0 Å². The van der Waals surface area contributed by atoms with Gasteiger partial charge in [-0.2, -0.15) is 0 Å². The monoisotopic (exact) mass is 208 g/mol.